The van der Waals surface area contributed by atoms with Gasteiger partial charge in [0.05, 0.1) is 10.6 Å². The molecule has 4 nitrogen and oxygen atoms in total. The van der Waals surface area contributed by atoms with Gasteiger partial charge in [0.1, 0.15) is 4.99 Å². The number of sulfonamides is 1. The number of anilines is 1. The Morgan fingerprint density at radius 3 is 2.29 bits per heavy atom. The van der Waals surface area contributed by atoms with Crippen LogP contribution in [0, 0.1) is 13.8 Å². The van der Waals surface area contributed by atoms with Gasteiger partial charge >= 0.3 is 0 Å². The molecule has 2 aromatic rings. The molecular weight excluding hydrogens is 304 g/mol. The minimum absolute atomic E-state index is 0.170. The molecule has 110 valence electrons. The lowest BCUT2D eigenvalue weighted by Crippen LogP contribution is -2.15. The molecule has 2 aromatic carbocycles. The molecule has 0 saturated carbocycles. The van der Waals surface area contributed by atoms with Gasteiger partial charge in [0.25, 0.3) is 10.0 Å². The van der Waals surface area contributed by atoms with E-state index in [1.54, 1.807) is 18.2 Å². The van der Waals surface area contributed by atoms with Crippen molar-refractivity contribution in [2.75, 3.05) is 4.72 Å². The number of nitrogens with two attached hydrogens (primary N) is 1. The molecule has 0 atom stereocenters. The van der Waals surface area contributed by atoms with Crippen LogP contribution in [0.1, 0.15) is 16.7 Å². The van der Waals surface area contributed by atoms with Crippen molar-refractivity contribution < 1.29 is 8.42 Å². The lowest BCUT2D eigenvalue weighted by molar-refractivity contribution is 0.601. The van der Waals surface area contributed by atoms with Gasteiger partial charge in [-0.25, -0.2) is 8.42 Å². The Bertz CT molecular complexity index is 782. The summed E-state index contributed by atoms with van der Waals surface area (Å²) in [6, 6.07) is 11.7. The zero-order chi connectivity index (χ0) is 15.6. The standard InChI is InChI=1S/C15H16N2O2S2/c1-10-4-3-5-14(11(10)2)17-21(18,19)13-8-6-12(7-9-13)15(16)20/h3-9,17H,1-2H3,(H2,16,20). The Morgan fingerprint density at radius 2 is 1.71 bits per heavy atom. The lowest BCUT2D eigenvalue weighted by Gasteiger charge is -2.12. The van der Waals surface area contributed by atoms with Crippen LogP contribution in [0.4, 0.5) is 5.69 Å². The molecule has 0 aliphatic rings. The topological polar surface area (TPSA) is 72.2 Å². The predicted octanol–water partition coefficient (Wildman–Crippen LogP) is 2.74. The van der Waals surface area contributed by atoms with Crippen molar-refractivity contribution in [2.45, 2.75) is 18.7 Å². The maximum absolute atomic E-state index is 12.4. The largest absolute Gasteiger partial charge is 0.389 e. The second kappa shape index (κ2) is 5.83. The Kier molecular flexibility index (Phi) is 4.29. The number of thiocarbonyl (C=S) groups is 1. The fourth-order valence-corrected chi connectivity index (χ4v) is 3.12. The Morgan fingerprint density at radius 1 is 1.10 bits per heavy atom. The third kappa shape index (κ3) is 3.40. The highest BCUT2D eigenvalue weighted by Crippen LogP contribution is 2.22. The molecule has 3 N–H and O–H groups in total. The Balaban J connectivity index is 2.34. The van der Waals surface area contributed by atoms with Gasteiger partial charge in [-0.05, 0) is 43.2 Å². The molecule has 2 rings (SSSR count). The van der Waals surface area contributed by atoms with Crippen LogP contribution < -0.4 is 10.5 Å². The predicted molar refractivity (Wildman–Crippen MR) is 89.1 cm³/mol. The van der Waals surface area contributed by atoms with E-state index in [2.05, 4.69) is 4.72 Å². The van der Waals surface area contributed by atoms with Crippen LogP contribution in [0.15, 0.2) is 47.4 Å². The van der Waals surface area contributed by atoms with Crippen LogP contribution in [0.5, 0.6) is 0 Å². The van der Waals surface area contributed by atoms with Gasteiger partial charge < -0.3 is 5.73 Å². The molecular formula is C15H16N2O2S2. The highest BCUT2D eigenvalue weighted by molar-refractivity contribution is 7.92. The van der Waals surface area contributed by atoms with Gasteiger partial charge in [0.2, 0.25) is 0 Å². The third-order valence-corrected chi connectivity index (χ3v) is 4.92. The fraction of sp³-hybridized carbons (Fsp3) is 0.133. The van der Waals surface area contributed by atoms with E-state index in [9.17, 15) is 8.42 Å². The highest BCUT2D eigenvalue weighted by Gasteiger charge is 2.15. The Hall–Kier alpha value is -1.92. The molecule has 0 aliphatic heterocycles. The number of hydrogen-bond donors (Lipinski definition) is 2. The summed E-state index contributed by atoms with van der Waals surface area (Å²) in [5, 5.41) is 0. The van der Waals surface area contributed by atoms with Crippen molar-refractivity contribution in [3.8, 4) is 0 Å². The molecule has 0 fully saturated rings. The second-order valence-electron chi connectivity index (χ2n) is 4.74. The summed E-state index contributed by atoms with van der Waals surface area (Å²) in [6.07, 6.45) is 0. The molecule has 0 bridgehead atoms. The first kappa shape index (κ1) is 15.5. The maximum atomic E-state index is 12.4. The normalized spacial score (nSPS) is 11.1. The van der Waals surface area contributed by atoms with Crippen LogP contribution in [0.3, 0.4) is 0 Å². The summed E-state index contributed by atoms with van der Waals surface area (Å²) >= 11 is 4.85. The van der Waals surface area contributed by atoms with Crippen molar-refractivity contribution in [3.63, 3.8) is 0 Å². The number of hydrogen-bond acceptors (Lipinski definition) is 3. The Labute approximate surface area is 130 Å². The van der Waals surface area contributed by atoms with E-state index in [0.29, 0.717) is 11.3 Å². The average molecular weight is 320 g/mol. The van der Waals surface area contributed by atoms with E-state index in [-0.39, 0.29) is 9.88 Å². The summed E-state index contributed by atoms with van der Waals surface area (Å²) in [5.74, 6) is 0. The number of aryl methyl sites for hydroxylation is 1. The quantitative estimate of drug-likeness (QED) is 0.850. The smallest absolute Gasteiger partial charge is 0.261 e. The molecule has 0 radical (unpaired) electrons. The summed E-state index contributed by atoms with van der Waals surface area (Å²) in [4.78, 5) is 0.407. The van der Waals surface area contributed by atoms with Gasteiger partial charge in [-0.2, -0.15) is 0 Å². The zero-order valence-corrected chi connectivity index (χ0v) is 13.4. The summed E-state index contributed by atoms with van der Waals surface area (Å²) in [6.45, 7) is 3.81. The van der Waals surface area contributed by atoms with Gasteiger partial charge in [-0.15, -0.1) is 0 Å². The number of rotatable bonds is 4. The van der Waals surface area contributed by atoms with Gasteiger partial charge in [0, 0.05) is 5.56 Å². The zero-order valence-electron chi connectivity index (χ0n) is 11.8. The van der Waals surface area contributed by atoms with Crippen molar-refractivity contribution >= 4 is 32.9 Å². The molecule has 0 aromatic heterocycles. The molecule has 0 unspecified atom stereocenters. The van der Waals surface area contributed by atoms with Crippen molar-refractivity contribution in [1.29, 1.82) is 0 Å². The average Bonchev–Trinajstić information content (AvgIpc) is 2.44. The van der Waals surface area contributed by atoms with Crippen LogP contribution in [-0.2, 0) is 10.0 Å². The SMILES string of the molecule is Cc1cccc(NS(=O)(=O)c2ccc(C(N)=S)cc2)c1C. The van der Waals surface area contributed by atoms with Crippen molar-refractivity contribution in [2.24, 2.45) is 5.73 Å². The minimum atomic E-state index is -3.63. The van der Waals surface area contributed by atoms with Crippen molar-refractivity contribution in [1.82, 2.24) is 0 Å². The summed E-state index contributed by atoms with van der Waals surface area (Å²) < 4.78 is 27.3. The second-order valence-corrected chi connectivity index (χ2v) is 6.86. The summed E-state index contributed by atoms with van der Waals surface area (Å²) in [7, 11) is -3.63. The monoisotopic (exact) mass is 320 g/mol. The molecule has 0 heterocycles. The fourth-order valence-electron chi connectivity index (χ4n) is 1.86. The molecule has 21 heavy (non-hydrogen) atoms. The van der Waals surface area contributed by atoms with Gasteiger partial charge in [0.15, 0.2) is 0 Å². The first-order chi connectivity index (χ1) is 9.81. The van der Waals surface area contributed by atoms with Gasteiger partial charge in [-0.3, -0.25) is 4.72 Å². The minimum Gasteiger partial charge on any atom is -0.389 e. The van der Waals surface area contributed by atoms with Crippen molar-refractivity contribution in [3.05, 3.63) is 59.2 Å². The van der Waals surface area contributed by atoms with E-state index in [4.69, 9.17) is 18.0 Å². The number of nitrogens with one attached hydrogen (secondary N) is 1. The maximum Gasteiger partial charge on any atom is 0.261 e. The van der Waals surface area contributed by atoms with E-state index < -0.39 is 10.0 Å². The molecule has 0 amide bonds. The first-order valence-corrected chi connectivity index (χ1v) is 8.19. The molecule has 0 saturated heterocycles. The third-order valence-electron chi connectivity index (χ3n) is 3.30. The van der Waals surface area contributed by atoms with E-state index in [0.717, 1.165) is 11.1 Å². The van der Waals surface area contributed by atoms with Crippen LogP contribution in [0.2, 0.25) is 0 Å². The van der Waals surface area contributed by atoms with E-state index in [1.165, 1.54) is 12.1 Å². The van der Waals surface area contributed by atoms with E-state index >= 15 is 0 Å². The summed E-state index contributed by atoms with van der Waals surface area (Å²) in [5.41, 5.74) is 8.64. The van der Waals surface area contributed by atoms with Gasteiger partial charge in [-0.1, -0.05) is 36.5 Å². The van der Waals surface area contributed by atoms with Crippen LogP contribution in [0.25, 0.3) is 0 Å². The lowest BCUT2D eigenvalue weighted by atomic mass is 10.1. The first-order valence-electron chi connectivity index (χ1n) is 6.30. The highest BCUT2D eigenvalue weighted by atomic mass is 32.2. The van der Waals surface area contributed by atoms with Crippen LogP contribution >= 0.6 is 12.2 Å². The molecule has 6 heteroatoms. The van der Waals surface area contributed by atoms with E-state index in [1.807, 2.05) is 26.0 Å². The molecule has 0 aliphatic carbocycles. The number of benzene rings is 2. The van der Waals surface area contributed by atoms with Crippen LogP contribution in [-0.4, -0.2) is 13.4 Å². The molecule has 0 spiro atoms.